The third-order valence-electron chi connectivity index (χ3n) is 3.60. The highest BCUT2D eigenvalue weighted by molar-refractivity contribution is 4.90. The molecule has 0 aliphatic heterocycles. The second-order valence-electron chi connectivity index (χ2n) is 4.72. The van der Waals surface area contributed by atoms with Crippen LogP contribution in [-0.4, -0.2) is 16.3 Å². The Kier molecular flexibility index (Phi) is 3.78. The van der Waals surface area contributed by atoms with Crippen LogP contribution in [0.15, 0.2) is 21.7 Å². The van der Waals surface area contributed by atoms with Crippen molar-refractivity contribution in [3.8, 4) is 0 Å². The maximum absolute atomic E-state index is 11.8. The van der Waals surface area contributed by atoms with E-state index in [-0.39, 0.29) is 23.1 Å². The normalized spacial score (nSPS) is 25.5. The molecule has 17 heavy (non-hydrogen) atoms. The van der Waals surface area contributed by atoms with Crippen LogP contribution in [0.5, 0.6) is 0 Å². The summed E-state index contributed by atoms with van der Waals surface area (Å²) >= 11 is 0. The van der Waals surface area contributed by atoms with Crippen LogP contribution in [0.25, 0.3) is 0 Å². The maximum Gasteiger partial charge on any atom is 0.265 e. The molecule has 1 heterocycles. The zero-order valence-electron chi connectivity index (χ0n) is 9.89. The summed E-state index contributed by atoms with van der Waals surface area (Å²) in [6.45, 7) is 0.564. The first-order valence-electron chi connectivity index (χ1n) is 6.24. The molecule has 2 atom stereocenters. The minimum atomic E-state index is -0.232. The quantitative estimate of drug-likeness (QED) is 0.740. The van der Waals surface area contributed by atoms with Gasteiger partial charge in [-0.15, -0.1) is 0 Å². The van der Waals surface area contributed by atoms with E-state index in [0.29, 0.717) is 6.54 Å². The van der Waals surface area contributed by atoms with Crippen LogP contribution in [0.3, 0.4) is 0 Å². The first kappa shape index (κ1) is 12.1. The molecule has 2 unspecified atom stereocenters. The van der Waals surface area contributed by atoms with E-state index in [2.05, 4.69) is 5.10 Å². The second kappa shape index (κ2) is 5.31. The SMILES string of the molecule is NCC1CCCCCC1n1[nH]c(=O)ccc1=O. The van der Waals surface area contributed by atoms with Crippen molar-refractivity contribution in [3.05, 3.63) is 32.8 Å². The number of nitrogens with two attached hydrogens (primary N) is 1. The Hall–Kier alpha value is -1.36. The Balaban J connectivity index is 2.37. The standard InChI is InChI=1S/C12H19N3O2/c13-8-9-4-2-1-3-5-10(9)15-12(17)7-6-11(16)14-15/h6-7,9-10H,1-5,8,13H2,(H,14,16). The summed E-state index contributed by atoms with van der Waals surface area (Å²) < 4.78 is 1.48. The van der Waals surface area contributed by atoms with E-state index in [4.69, 9.17) is 5.73 Å². The maximum atomic E-state index is 11.8. The molecule has 0 saturated heterocycles. The van der Waals surface area contributed by atoms with Gasteiger partial charge in [-0.25, -0.2) is 4.68 Å². The number of H-pyrrole nitrogens is 1. The Morgan fingerprint density at radius 1 is 1.24 bits per heavy atom. The van der Waals surface area contributed by atoms with E-state index < -0.39 is 0 Å². The van der Waals surface area contributed by atoms with Gasteiger partial charge < -0.3 is 5.73 Å². The van der Waals surface area contributed by atoms with E-state index in [1.807, 2.05) is 0 Å². The fourth-order valence-electron chi connectivity index (χ4n) is 2.66. The van der Waals surface area contributed by atoms with E-state index in [9.17, 15) is 9.59 Å². The molecule has 1 aliphatic carbocycles. The lowest BCUT2D eigenvalue weighted by Crippen LogP contribution is -2.36. The van der Waals surface area contributed by atoms with Crippen molar-refractivity contribution < 1.29 is 0 Å². The van der Waals surface area contributed by atoms with Crippen LogP contribution in [0.2, 0.25) is 0 Å². The van der Waals surface area contributed by atoms with Crippen molar-refractivity contribution in [1.29, 1.82) is 0 Å². The first-order chi connectivity index (χ1) is 8.22. The molecule has 0 bridgehead atoms. The number of nitrogens with zero attached hydrogens (tertiary/aromatic N) is 1. The number of aromatic nitrogens is 2. The molecule has 1 aromatic heterocycles. The van der Waals surface area contributed by atoms with Crippen LogP contribution in [0.4, 0.5) is 0 Å². The third kappa shape index (κ3) is 2.66. The van der Waals surface area contributed by atoms with Crippen LogP contribution in [-0.2, 0) is 0 Å². The minimum Gasteiger partial charge on any atom is -0.330 e. The van der Waals surface area contributed by atoms with E-state index in [1.165, 1.54) is 23.2 Å². The largest absolute Gasteiger partial charge is 0.330 e. The molecule has 0 radical (unpaired) electrons. The average molecular weight is 237 g/mol. The van der Waals surface area contributed by atoms with Crippen LogP contribution >= 0.6 is 0 Å². The topological polar surface area (TPSA) is 80.9 Å². The fourth-order valence-corrected chi connectivity index (χ4v) is 2.66. The van der Waals surface area contributed by atoms with Gasteiger partial charge in [-0.05, 0) is 25.3 Å². The Morgan fingerprint density at radius 3 is 2.76 bits per heavy atom. The summed E-state index contributed by atoms with van der Waals surface area (Å²) in [5, 5.41) is 2.63. The fraction of sp³-hybridized carbons (Fsp3) is 0.667. The lowest BCUT2D eigenvalue weighted by molar-refractivity contribution is 0.283. The Labute approximate surface area is 99.6 Å². The average Bonchev–Trinajstić information content (AvgIpc) is 2.57. The minimum absolute atomic E-state index is 0.0453. The monoisotopic (exact) mass is 237 g/mol. The van der Waals surface area contributed by atoms with Crippen molar-refractivity contribution in [3.63, 3.8) is 0 Å². The van der Waals surface area contributed by atoms with Crippen LogP contribution < -0.4 is 16.9 Å². The van der Waals surface area contributed by atoms with Gasteiger partial charge in [-0.3, -0.25) is 14.7 Å². The molecule has 5 nitrogen and oxygen atoms in total. The summed E-state index contributed by atoms with van der Waals surface area (Å²) in [7, 11) is 0. The molecule has 94 valence electrons. The van der Waals surface area contributed by atoms with E-state index >= 15 is 0 Å². The molecule has 1 aromatic rings. The molecule has 1 aliphatic rings. The highest BCUT2D eigenvalue weighted by Gasteiger charge is 2.25. The molecule has 0 spiro atoms. The van der Waals surface area contributed by atoms with Gasteiger partial charge in [0, 0.05) is 12.1 Å². The predicted molar refractivity (Wildman–Crippen MR) is 66.0 cm³/mol. The zero-order chi connectivity index (χ0) is 12.3. The summed E-state index contributed by atoms with van der Waals surface area (Å²) in [5.41, 5.74) is 5.41. The number of rotatable bonds is 2. The number of hydrogen-bond donors (Lipinski definition) is 2. The van der Waals surface area contributed by atoms with Gasteiger partial charge in [0.1, 0.15) is 0 Å². The highest BCUT2D eigenvalue weighted by atomic mass is 16.1. The van der Waals surface area contributed by atoms with Crippen molar-refractivity contribution in [2.45, 2.75) is 38.1 Å². The summed E-state index contributed by atoms with van der Waals surface area (Å²) in [5.74, 6) is 0.285. The smallest absolute Gasteiger partial charge is 0.265 e. The molecule has 1 saturated carbocycles. The molecule has 0 amide bonds. The predicted octanol–water partition coefficient (Wildman–Crippen LogP) is 0.617. The first-order valence-corrected chi connectivity index (χ1v) is 6.24. The van der Waals surface area contributed by atoms with Crippen LogP contribution in [0, 0.1) is 5.92 Å². The van der Waals surface area contributed by atoms with Crippen LogP contribution in [0.1, 0.15) is 38.1 Å². The lowest BCUT2D eigenvalue weighted by Gasteiger charge is -2.25. The zero-order valence-corrected chi connectivity index (χ0v) is 9.89. The molecule has 1 fully saturated rings. The summed E-state index contributed by atoms with van der Waals surface area (Å²) in [4.78, 5) is 23.1. The van der Waals surface area contributed by atoms with Gasteiger partial charge in [-0.2, -0.15) is 0 Å². The van der Waals surface area contributed by atoms with Crippen molar-refractivity contribution >= 4 is 0 Å². The second-order valence-corrected chi connectivity index (χ2v) is 4.72. The Bertz CT molecular complexity index is 477. The summed E-state index contributed by atoms with van der Waals surface area (Å²) in [6, 6.07) is 2.65. The molecule has 0 aromatic carbocycles. The Morgan fingerprint density at radius 2 is 2.00 bits per heavy atom. The number of hydrogen-bond acceptors (Lipinski definition) is 3. The molecule has 2 rings (SSSR count). The molecule has 3 N–H and O–H groups in total. The van der Waals surface area contributed by atoms with Gasteiger partial charge in [0.05, 0.1) is 6.04 Å². The summed E-state index contributed by atoms with van der Waals surface area (Å²) in [6.07, 6.45) is 5.37. The van der Waals surface area contributed by atoms with Gasteiger partial charge in [0.2, 0.25) is 0 Å². The van der Waals surface area contributed by atoms with Crippen molar-refractivity contribution in [2.75, 3.05) is 6.54 Å². The number of nitrogens with one attached hydrogen (secondary N) is 1. The lowest BCUT2D eigenvalue weighted by atomic mass is 9.95. The van der Waals surface area contributed by atoms with Crippen molar-refractivity contribution in [1.82, 2.24) is 9.78 Å². The van der Waals surface area contributed by atoms with E-state index in [1.54, 1.807) is 0 Å². The molecular weight excluding hydrogens is 218 g/mol. The van der Waals surface area contributed by atoms with Gasteiger partial charge in [0.25, 0.3) is 11.1 Å². The van der Waals surface area contributed by atoms with Crippen molar-refractivity contribution in [2.24, 2.45) is 11.7 Å². The van der Waals surface area contributed by atoms with E-state index in [0.717, 1.165) is 25.7 Å². The van der Waals surface area contributed by atoms with Gasteiger partial charge >= 0.3 is 0 Å². The molecular formula is C12H19N3O2. The molecule has 5 heteroatoms. The van der Waals surface area contributed by atoms with Gasteiger partial charge in [-0.1, -0.05) is 19.3 Å². The van der Waals surface area contributed by atoms with Gasteiger partial charge in [0.15, 0.2) is 0 Å². The highest BCUT2D eigenvalue weighted by Crippen LogP contribution is 2.30. The third-order valence-corrected chi connectivity index (χ3v) is 3.60. The number of aromatic amines is 1.